The van der Waals surface area contributed by atoms with Crippen molar-refractivity contribution in [2.75, 3.05) is 23.8 Å². The van der Waals surface area contributed by atoms with Crippen molar-refractivity contribution in [2.24, 2.45) is 0 Å². The molecule has 1 saturated heterocycles. The number of hydrogen-bond donors (Lipinski definition) is 2. The predicted molar refractivity (Wildman–Crippen MR) is 78.3 cm³/mol. The van der Waals surface area contributed by atoms with Gasteiger partial charge < -0.3 is 10.1 Å². The van der Waals surface area contributed by atoms with E-state index in [2.05, 4.69) is 15.7 Å². The first-order chi connectivity index (χ1) is 9.81. The molecule has 0 spiro atoms. The molecule has 0 aromatic carbocycles. The van der Waals surface area contributed by atoms with Gasteiger partial charge in [-0.1, -0.05) is 0 Å². The second-order valence-corrected chi connectivity index (χ2v) is 5.56. The van der Waals surface area contributed by atoms with Crippen LogP contribution in [0, 0.1) is 0 Å². The molecule has 3 rings (SSSR count). The highest BCUT2D eigenvalue weighted by Gasteiger charge is 2.16. The van der Waals surface area contributed by atoms with Crippen molar-refractivity contribution in [2.45, 2.75) is 18.9 Å². The summed E-state index contributed by atoms with van der Waals surface area (Å²) in [5, 5.41) is 12.6. The van der Waals surface area contributed by atoms with Gasteiger partial charge in [-0.05, 0) is 30.4 Å². The Balaban J connectivity index is 1.57. The Kier molecular flexibility index (Phi) is 3.98. The highest BCUT2D eigenvalue weighted by atomic mass is 32.1. The van der Waals surface area contributed by atoms with Gasteiger partial charge >= 0.3 is 6.03 Å². The van der Waals surface area contributed by atoms with Gasteiger partial charge in [0.1, 0.15) is 0 Å². The SMILES string of the molecule is O=C(Nc1cnn(C2CCOCC2)c1)Nc1cccs1. The summed E-state index contributed by atoms with van der Waals surface area (Å²) in [6, 6.07) is 3.86. The molecule has 1 aliphatic rings. The van der Waals surface area contributed by atoms with E-state index >= 15 is 0 Å². The molecule has 0 saturated carbocycles. The van der Waals surface area contributed by atoms with Gasteiger partial charge in [-0.3, -0.25) is 10.00 Å². The molecular weight excluding hydrogens is 276 g/mol. The zero-order chi connectivity index (χ0) is 13.8. The third-order valence-electron chi connectivity index (χ3n) is 3.18. The van der Waals surface area contributed by atoms with Crippen molar-refractivity contribution in [1.29, 1.82) is 0 Å². The summed E-state index contributed by atoms with van der Waals surface area (Å²) in [5.41, 5.74) is 0.700. The molecule has 1 fully saturated rings. The van der Waals surface area contributed by atoms with Crippen LogP contribution >= 0.6 is 11.3 Å². The van der Waals surface area contributed by atoms with Crippen LogP contribution in [0.4, 0.5) is 15.5 Å². The number of nitrogens with one attached hydrogen (secondary N) is 2. The van der Waals surface area contributed by atoms with Crippen LogP contribution in [0.15, 0.2) is 29.9 Å². The van der Waals surface area contributed by atoms with Crippen LogP contribution in [0.2, 0.25) is 0 Å². The van der Waals surface area contributed by atoms with E-state index in [9.17, 15) is 4.79 Å². The first-order valence-corrected chi connectivity index (χ1v) is 7.42. The van der Waals surface area contributed by atoms with Gasteiger partial charge in [0.2, 0.25) is 0 Å². The first kappa shape index (κ1) is 13.1. The van der Waals surface area contributed by atoms with E-state index in [1.54, 1.807) is 6.20 Å². The number of carbonyl (C=O) groups excluding carboxylic acids is 1. The molecule has 2 aromatic rings. The minimum Gasteiger partial charge on any atom is -0.381 e. The Morgan fingerprint density at radius 2 is 2.25 bits per heavy atom. The molecule has 3 heterocycles. The second kappa shape index (κ2) is 6.06. The van der Waals surface area contributed by atoms with Crippen molar-refractivity contribution in [1.82, 2.24) is 9.78 Å². The maximum Gasteiger partial charge on any atom is 0.324 e. The number of urea groups is 1. The van der Waals surface area contributed by atoms with Gasteiger partial charge in [0, 0.05) is 19.4 Å². The van der Waals surface area contributed by atoms with Crippen molar-refractivity contribution >= 4 is 28.1 Å². The van der Waals surface area contributed by atoms with Crippen molar-refractivity contribution in [3.05, 3.63) is 29.9 Å². The molecule has 2 N–H and O–H groups in total. The van der Waals surface area contributed by atoms with Gasteiger partial charge in [0.25, 0.3) is 0 Å². The van der Waals surface area contributed by atoms with Crippen LogP contribution in [0.5, 0.6) is 0 Å². The summed E-state index contributed by atoms with van der Waals surface area (Å²) in [6.45, 7) is 1.54. The minimum absolute atomic E-state index is 0.251. The number of aromatic nitrogens is 2. The number of nitrogens with zero attached hydrogens (tertiary/aromatic N) is 2. The quantitative estimate of drug-likeness (QED) is 0.914. The number of thiophene rings is 1. The zero-order valence-electron chi connectivity index (χ0n) is 10.9. The van der Waals surface area contributed by atoms with Gasteiger partial charge in [-0.25, -0.2) is 4.79 Å². The molecule has 2 aromatic heterocycles. The minimum atomic E-state index is -0.251. The van der Waals surface area contributed by atoms with Crippen molar-refractivity contribution in [3.63, 3.8) is 0 Å². The lowest BCUT2D eigenvalue weighted by Gasteiger charge is -2.22. The fourth-order valence-electron chi connectivity index (χ4n) is 2.18. The topological polar surface area (TPSA) is 68.2 Å². The lowest BCUT2D eigenvalue weighted by molar-refractivity contribution is 0.0662. The Bertz CT molecular complexity index is 561. The molecule has 0 atom stereocenters. The highest BCUT2D eigenvalue weighted by molar-refractivity contribution is 7.14. The molecule has 0 aliphatic carbocycles. The largest absolute Gasteiger partial charge is 0.381 e. The Hall–Kier alpha value is -1.86. The van der Waals surface area contributed by atoms with E-state index in [-0.39, 0.29) is 6.03 Å². The summed E-state index contributed by atoms with van der Waals surface area (Å²) in [7, 11) is 0. The molecule has 6 nitrogen and oxygen atoms in total. The normalized spacial score (nSPS) is 16.0. The summed E-state index contributed by atoms with van der Waals surface area (Å²) in [5.74, 6) is 0. The lowest BCUT2D eigenvalue weighted by atomic mass is 10.1. The molecule has 7 heteroatoms. The third-order valence-corrected chi connectivity index (χ3v) is 3.97. The number of amides is 2. The van der Waals surface area contributed by atoms with Gasteiger partial charge in [-0.2, -0.15) is 5.10 Å². The van der Waals surface area contributed by atoms with E-state index < -0.39 is 0 Å². The van der Waals surface area contributed by atoms with Crippen molar-refractivity contribution < 1.29 is 9.53 Å². The summed E-state index contributed by atoms with van der Waals surface area (Å²) >= 11 is 1.48. The van der Waals surface area contributed by atoms with E-state index in [0.717, 1.165) is 31.1 Å². The fraction of sp³-hybridized carbons (Fsp3) is 0.385. The van der Waals surface area contributed by atoms with E-state index in [4.69, 9.17) is 4.74 Å². The van der Waals surface area contributed by atoms with Gasteiger partial charge in [0.15, 0.2) is 0 Å². The number of anilines is 2. The van der Waals surface area contributed by atoms with E-state index in [1.807, 2.05) is 28.4 Å². The Labute approximate surface area is 120 Å². The lowest BCUT2D eigenvalue weighted by Crippen LogP contribution is -2.20. The molecule has 106 valence electrons. The average Bonchev–Trinajstić information content (AvgIpc) is 3.11. The number of carbonyl (C=O) groups is 1. The fourth-order valence-corrected chi connectivity index (χ4v) is 2.79. The van der Waals surface area contributed by atoms with E-state index in [1.165, 1.54) is 11.3 Å². The molecule has 2 amide bonds. The summed E-state index contributed by atoms with van der Waals surface area (Å²) in [6.07, 6.45) is 5.46. The monoisotopic (exact) mass is 292 g/mol. The Morgan fingerprint density at radius 1 is 1.40 bits per heavy atom. The van der Waals surface area contributed by atoms with Crippen LogP contribution in [-0.4, -0.2) is 29.0 Å². The molecular formula is C13H16N4O2S. The van der Waals surface area contributed by atoms with Crippen LogP contribution in [0.25, 0.3) is 0 Å². The maximum atomic E-state index is 11.8. The molecule has 0 bridgehead atoms. The van der Waals surface area contributed by atoms with E-state index in [0.29, 0.717) is 11.7 Å². The first-order valence-electron chi connectivity index (χ1n) is 6.55. The molecule has 0 unspecified atom stereocenters. The zero-order valence-corrected chi connectivity index (χ0v) is 11.7. The smallest absolute Gasteiger partial charge is 0.324 e. The standard InChI is InChI=1S/C13H16N4O2S/c18-13(16-12-2-1-7-20-12)15-10-8-14-17(9-10)11-3-5-19-6-4-11/h1-2,7-9,11H,3-6H2,(H2,15,16,18). The number of rotatable bonds is 3. The van der Waals surface area contributed by atoms with Crippen LogP contribution in [0.1, 0.15) is 18.9 Å². The predicted octanol–water partition coefficient (Wildman–Crippen LogP) is 2.94. The van der Waals surface area contributed by atoms with Crippen molar-refractivity contribution in [3.8, 4) is 0 Å². The average molecular weight is 292 g/mol. The summed E-state index contributed by atoms with van der Waals surface area (Å²) in [4.78, 5) is 11.8. The highest BCUT2D eigenvalue weighted by Crippen LogP contribution is 2.21. The van der Waals surface area contributed by atoms with Crippen LogP contribution < -0.4 is 10.6 Å². The second-order valence-electron chi connectivity index (χ2n) is 4.61. The van der Waals surface area contributed by atoms with Gasteiger partial charge in [0.05, 0.1) is 22.9 Å². The third kappa shape index (κ3) is 3.17. The summed E-state index contributed by atoms with van der Waals surface area (Å²) < 4.78 is 7.24. The molecule has 20 heavy (non-hydrogen) atoms. The number of hydrogen-bond acceptors (Lipinski definition) is 4. The number of ether oxygens (including phenoxy) is 1. The van der Waals surface area contributed by atoms with Gasteiger partial charge in [-0.15, -0.1) is 11.3 Å². The van der Waals surface area contributed by atoms with Crippen LogP contribution in [-0.2, 0) is 4.74 Å². The molecule has 1 aliphatic heterocycles. The van der Waals surface area contributed by atoms with Crippen LogP contribution in [0.3, 0.4) is 0 Å². The molecule has 0 radical (unpaired) electrons. The Morgan fingerprint density at radius 3 is 3.00 bits per heavy atom. The maximum absolute atomic E-state index is 11.8.